The minimum atomic E-state index is -3.53. The van der Waals surface area contributed by atoms with Gasteiger partial charge in [-0.1, -0.05) is 80.4 Å². The van der Waals surface area contributed by atoms with Gasteiger partial charge in [0.15, 0.2) is 19.7 Å². The molecule has 0 aliphatic heterocycles. The molecule has 0 aliphatic carbocycles. The number of ether oxygens (including phenoxy) is 1. The highest BCUT2D eigenvalue weighted by molar-refractivity contribution is 9.09. The number of alkyl halides is 2. The van der Waals surface area contributed by atoms with Crippen LogP contribution in [0.3, 0.4) is 0 Å². The number of sulfone groups is 2. The molecule has 10 N–H and O–H groups in total. The quantitative estimate of drug-likeness (QED) is 0.0422. The number of hydrogen-bond donors (Lipinski definition) is 7. The minimum absolute atomic E-state index is 0. The molecule has 1 heterocycles. The number of nitrogens with one attached hydrogen (secondary N) is 1. The highest BCUT2D eigenvalue weighted by Crippen LogP contribution is 2.32. The molecule has 0 atom stereocenters. The van der Waals surface area contributed by atoms with E-state index in [1.807, 2.05) is 25.1 Å². The van der Waals surface area contributed by atoms with Crippen LogP contribution in [0.15, 0.2) is 94.7 Å². The summed E-state index contributed by atoms with van der Waals surface area (Å²) in [6.07, 6.45) is 0. The van der Waals surface area contributed by atoms with Gasteiger partial charge in [0.1, 0.15) is 11.2 Å². The summed E-state index contributed by atoms with van der Waals surface area (Å²) in [6.45, 7) is 3.67. The lowest BCUT2D eigenvalue weighted by Gasteiger charge is -2.11. The van der Waals surface area contributed by atoms with Gasteiger partial charge in [-0.15, -0.1) is 0 Å². The summed E-state index contributed by atoms with van der Waals surface area (Å²) in [5.41, 5.74) is 16.6. The Hall–Kier alpha value is -3.55. The molecule has 0 aliphatic rings. The normalized spacial score (nSPS) is 10.7. The zero-order valence-electron chi connectivity index (χ0n) is 29.8. The first-order valence-electron chi connectivity index (χ1n) is 16.2. The number of aliphatic hydroxyl groups is 3. The Bertz CT molecular complexity index is 2150. The van der Waals surface area contributed by atoms with Crippen LogP contribution in [-0.4, -0.2) is 91.3 Å². The molecule has 0 radical (unpaired) electrons. The number of nitrogen functional groups attached to an aromatic ring is 2. The molecule has 0 spiro atoms. The number of anilines is 2. The highest BCUT2D eigenvalue weighted by Gasteiger charge is 2.20. The molecule has 13 nitrogen and oxygen atoms in total. The van der Waals surface area contributed by atoms with Crippen LogP contribution in [0.2, 0.25) is 0 Å². The van der Waals surface area contributed by atoms with E-state index in [0.29, 0.717) is 51.2 Å². The summed E-state index contributed by atoms with van der Waals surface area (Å²) in [6, 6.07) is 24.1. The van der Waals surface area contributed by atoms with Crippen molar-refractivity contribution in [2.24, 2.45) is 0 Å². The summed E-state index contributed by atoms with van der Waals surface area (Å²) in [4.78, 5) is 8.01. The maximum Gasteiger partial charge on any atom is 0.343 e. The van der Waals surface area contributed by atoms with Crippen molar-refractivity contribution in [2.75, 3.05) is 54.7 Å². The van der Waals surface area contributed by atoms with E-state index in [0.717, 1.165) is 22.4 Å². The lowest BCUT2D eigenvalue weighted by atomic mass is 10.0. The summed E-state index contributed by atoms with van der Waals surface area (Å²) in [7, 11) is -7.06. The molecule has 4 aromatic carbocycles. The number of nitrogens with zero attached hydrogens (tertiary/aromatic N) is 1. The predicted octanol–water partition coefficient (Wildman–Crippen LogP) is 0.753. The van der Waals surface area contributed by atoms with Gasteiger partial charge in [0.05, 0.1) is 68.9 Å². The van der Waals surface area contributed by atoms with Gasteiger partial charge in [-0.2, -0.15) is 0 Å². The summed E-state index contributed by atoms with van der Waals surface area (Å²) >= 11 is 6.49. The van der Waals surface area contributed by atoms with Crippen molar-refractivity contribution in [3.05, 3.63) is 90.8 Å². The van der Waals surface area contributed by atoms with Gasteiger partial charge < -0.3 is 48.9 Å². The number of aromatic amines is 1. The van der Waals surface area contributed by atoms with E-state index in [1.165, 1.54) is 6.07 Å². The smallest absolute Gasteiger partial charge is 0.343 e. The van der Waals surface area contributed by atoms with Crippen molar-refractivity contribution < 1.29 is 54.7 Å². The van der Waals surface area contributed by atoms with Gasteiger partial charge >= 0.3 is 5.90 Å². The fraction of sp³-hybridized carbons (Fsp3) is 0.278. The molecule has 5 rings (SSSR count). The average Bonchev–Trinajstić information content (AvgIpc) is 3.57. The van der Waals surface area contributed by atoms with Crippen LogP contribution >= 0.6 is 31.9 Å². The molecule has 0 bridgehead atoms. The maximum atomic E-state index is 12.4. The molecule has 0 saturated heterocycles. The first-order valence-corrected chi connectivity index (χ1v) is 21.7. The van der Waals surface area contributed by atoms with E-state index in [-0.39, 0.29) is 40.3 Å². The van der Waals surface area contributed by atoms with Crippen LogP contribution in [0, 0.1) is 0 Å². The Morgan fingerprint density at radius 2 is 1.26 bits per heavy atom. The molecule has 18 heteroatoms. The van der Waals surface area contributed by atoms with Crippen LogP contribution in [0.4, 0.5) is 11.4 Å². The number of hydrogen-bond acceptors (Lipinski definition) is 11. The molecule has 296 valence electrons. The van der Waals surface area contributed by atoms with Gasteiger partial charge in [0.2, 0.25) is 0 Å². The molecule has 0 amide bonds. The van der Waals surface area contributed by atoms with Crippen LogP contribution in [-0.2, 0) is 29.7 Å². The number of fused-ring (bicyclic) bond motifs is 1. The highest BCUT2D eigenvalue weighted by atomic mass is 79.9. The summed E-state index contributed by atoms with van der Waals surface area (Å²) < 4.78 is 53.9. The van der Waals surface area contributed by atoms with Crippen molar-refractivity contribution in [1.29, 1.82) is 0 Å². The largest absolute Gasteiger partial charge is 1.00 e. The predicted molar refractivity (Wildman–Crippen MR) is 218 cm³/mol. The zero-order chi connectivity index (χ0) is 39.6. The third-order valence-corrected chi connectivity index (χ3v) is 11.6. The number of benzene rings is 4. The number of halogens is 3. The zero-order valence-corrected chi connectivity index (χ0v) is 35.3. The molecule has 5 aromatic rings. The van der Waals surface area contributed by atoms with Crippen molar-refractivity contribution >= 4 is 79.8 Å². The summed E-state index contributed by atoms with van der Waals surface area (Å²) in [5, 5.41) is 31.9. The number of nitrogens with two attached hydrogens (primary N) is 3. The van der Waals surface area contributed by atoms with Gasteiger partial charge in [-0.05, 0) is 61.4 Å². The number of imidazole rings is 1. The maximum absolute atomic E-state index is 12.4. The minimum Gasteiger partial charge on any atom is -1.00 e. The lowest BCUT2D eigenvalue weighted by molar-refractivity contribution is -0.139. The van der Waals surface area contributed by atoms with Crippen LogP contribution in [0.25, 0.3) is 33.3 Å². The molecule has 1 aromatic heterocycles. The van der Waals surface area contributed by atoms with Crippen molar-refractivity contribution in [1.82, 2.24) is 9.97 Å². The Morgan fingerprint density at radius 3 is 1.69 bits per heavy atom. The third-order valence-electron chi connectivity index (χ3n) is 6.99. The van der Waals surface area contributed by atoms with Gasteiger partial charge in [0.25, 0.3) is 0 Å². The van der Waals surface area contributed by atoms with Gasteiger partial charge in [0, 0.05) is 17.7 Å². The first kappa shape index (κ1) is 48.5. The standard InChI is InChI=1S/C16H15BrN2O3S.C14H16N2O3S.C4H8BrNO.C2H6O.ClH/c17-10-16-18-13-6-5-11(9-14(13)19-16)12-3-1-2-4-15(12)23(21,22)8-7-20;15-12-6-5-10(9-13(12)16)11-3-1-2-4-14(11)20(18,19)8-7-17;1-2-7-4(6)3-5;1-2-3;/h1-6,9,20H,7-8,10H2,(H,18,19);1-6,9,17H,7-8,15-16H2;6H,2-3H2,1H3;3H,2H2,1H3;1H. The van der Waals surface area contributed by atoms with Crippen molar-refractivity contribution in [2.45, 2.75) is 29.0 Å². The number of aromatic nitrogens is 2. The molecule has 0 fully saturated rings. The molecule has 0 unspecified atom stereocenters. The van der Waals surface area contributed by atoms with Gasteiger partial charge in [-0.25, -0.2) is 27.2 Å². The third kappa shape index (κ3) is 14.3. The number of rotatable bonds is 11. The molecule has 0 saturated carbocycles. The molecule has 54 heavy (non-hydrogen) atoms. The van der Waals surface area contributed by atoms with Gasteiger partial charge in [-0.3, -0.25) is 0 Å². The lowest BCUT2D eigenvalue weighted by Crippen LogP contribution is -3.00. The number of H-pyrrole nitrogens is 1. The van der Waals surface area contributed by atoms with E-state index in [1.54, 1.807) is 67.6 Å². The topological polar surface area (TPSA) is 245 Å². The average molecular weight is 936 g/mol. The Kier molecular flexibility index (Phi) is 21.6. The molecular weight excluding hydrogens is 890 g/mol. The second-order valence-corrected chi connectivity index (χ2v) is 16.1. The van der Waals surface area contributed by atoms with E-state index in [9.17, 15) is 16.8 Å². The number of aliphatic hydroxyl groups excluding tert-OH is 3. The van der Waals surface area contributed by atoms with E-state index < -0.39 is 32.9 Å². The Morgan fingerprint density at radius 1 is 0.778 bits per heavy atom. The molecular formula is C36H46Br2ClN5O8S2. The van der Waals surface area contributed by atoms with Crippen LogP contribution in [0.5, 0.6) is 0 Å². The van der Waals surface area contributed by atoms with Crippen LogP contribution < -0.4 is 29.3 Å². The van der Waals surface area contributed by atoms with E-state index in [4.69, 9.17) is 36.9 Å². The fourth-order valence-electron chi connectivity index (χ4n) is 4.67. The second kappa shape index (κ2) is 24.1. The van der Waals surface area contributed by atoms with Crippen molar-refractivity contribution in [3.63, 3.8) is 0 Å². The first-order chi connectivity index (χ1) is 25.2. The fourth-order valence-corrected chi connectivity index (χ4v) is 7.63. The summed E-state index contributed by atoms with van der Waals surface area (Å²) in [5.74, 6) is 0.763. The van der Waals surface area contributed by atoms with Crippen molar-refractivity contribution in [3.8, 4) is 22.3 Å². The monoisotopic (exact) mass is 933 g/mol. The van der Waals surface area contributed by atoms with E-state index in [2.05, 4.69) is 41.8 Å². The Labute approximate surface area is 339 Å². The Balaban J connectivity index is 0.000000430. The SMILES string of the molecule is CCO.CCOC(=[NH2+])CBr.Nc1ccc(-c2ccccc2S(=O)(=O)CCO)cc1N.O=S(=O)(CCO)c1ccccc1-c1ccc2nc(CBr)[nH]c2c1.[Cl-]. The van der Waals surface area contributed by atoms with E-state index >= 15 is 0 Å². The second-order valence-electron chi connectivity index (χ2n) is 10.8. The van der Waals surface area contributed by atoms with Crippen LogP contribution in [0.1, 0.15) is 19.7 Å².